The van der Waals surface area contributed by atoms with E-state index in [9.17, 15) is 36.4 Å². The number of carbonyl (C=O) groups is 2. The summed E-state index contributed by atoms with van der Waals surface area (Å²) >= 11 is 12.0. The summed E-state index contributed by atoms with van der Waals surface area (Å²) in [6.45, 7) is -1.99. The summed E-state index contributed by atoms with van der Waals surface area (Å²) in [5, 5.41) is 13.1. The minimum absolute atomic E-state index is 0.0458. The molecule has 1 aliphatic carbocycles. The second-order valence-electron chi connectivity index (χ2n) is 9.50. The summed E-state index contributed by atoms with van der Waals surface area (Å²) in [5.74, 6) is -1.69. The van der Waals surface area contributed by atoms with Crippen molar-refractivity contribution in [1.82, 2.24) is 15.5 Å². The Hall–Kier alpha value is -2.85. The van der Waals surface area contributed by atoms with Crippen molar-refractivity contribution in [3.05, 3.63) is 64.1 Å². The van der Waals surface area contributed by atoms with Crippen molar-refractivity contribution >= 4 is 44.9 Å². The van der Waals surface area contributed by atoms with Gasteiger partial charge in [-0.1, -0.05) is 47.5 Å². The summed E-state index contributed by atoms with van der Waals surface area (Å²) < 4.78 is 66.4. The first-order valence-corrected chi connectivity index (χ1v) is 14.1. The summed E-state index contributed by atoms with van der Waals surface area (Å²) in [6, 6.07) is 10.3. The highest BCUT2D eigenvalue weighted by atomic mass is 35.5. The second kappa shape index (κ2) is 11.0. The molecule has 2 aromatic rings. The molecule has 0 bridgehead atoms. The first-order chi connectivity index (χ1) is 18.3. The molecule has 3 atom stereocenters. The molecule has 1 saturated heterocycles. The lowest BCUT2D eigenvalue weighted by Gasteiger charge is -2.29. The van der Waals surface area contributed by atoms with Gasteiger partial charge in [0.1, 0.15) is 17.6 Å². The third-order valence-corrected chi connectivity index (χ3v) is 9.60. The van der Waals surface area contributed by atoms with Crippen LogP contribution in [0.2, 0.25) is 10.0 Å². The van der Waals surface area contributed by atoms with E-state index in [1.165, 1.54) is 42.5 Å². The van der Waals surface area contributed by atoms with Gasteiger partial charge < -0.3 is 10.2 Å². The number of halogens is 5. The highest BCUT2D eigenvalue weighted by Crippen LogP contribution is 2.37. The normalized spacial score (nSPS) is 21.2. The number of hydrogen-bond acceptors (Lipinski definition) is 6. The standard InChI is InChI=1S/C25H23Cl2F3N4O4S/c26-16-7-5-15(6-8-16)21(32-14-25(28,29)30)23(36)34-12-17(39(37,38)20-4-2-1-3-18(20)27)11-19(34)22(35)33-24(13-31)9-10-24/h1-8,17,19,21,32H,9-12,14H2,(H,33,35). The topological polar surface area (TPSA) is 119 Å². The van der Waals surface area contributed by atoms with Crippen molar-refractivity contribution in [1.29, 1.82) is 5.26 Å². The van der Waals surface area contributed by atoms with Crippen LogP contribution in [-0.2, 0) is 19.4 Å². The molecule has 0 aromatic heterocycles. The van der Waals surface area contributed by atoms with Gasteiger partial charge in [-0.05, 0) is 49.1 Å². The van der Waals surface area contributed by atoms with Gasteiger partial charge in [-0.2, -0.15) is 18.4 Å². The van der Waals surface area contributed by atoms with Crippen LogP contribution in [0, 0.1) is 11.3 Å². The van der Waals surface area contributed by atoms with Crippen molar-refractivity contribution in [2.45, 2.75) is 53.2 Å². The van der Waals surface area contributed by atoms with Gasteiger partial charge in [-0.15, -0.1) is 0 Å². The Kier molecular flexibility index (Phi) is 8.19. The van der Waals surface area contributed by atoms with Crippen LogP contribution >= 0.6 is 23.2 Å². The van der Waals surface area contributed by atoms with Gasteiger partial charge in [0.15, 0.2) is 9.84 Å². The number of nitrogens with one attached hydrogen (secondary N) is 2. The number of sulfone groups is 1. The minimum atomic E-state index is -4.66. The molecule has 4 rings (SSSR count). The maximum atomic E-state index is 13.8. The van der Waals surface area contributed by atoms with E-state index in [4.69, 9.17) is 23.2 Å². The van der Waals surface area contributed by atoms with E-state index < -0.39 is 63.8 Å². The van der Waals surface area contributed by atoms with Crippen molar-refractivity contribution < 1.29 is 31.2 Å². The Balaban J connectivity index is 1.70. The van der Waals surface area contributed by atoms with Crippen LogP contribution in [-0.4, -0.2) is 61.2 Å². The van der Waals surface area contributed by atoms with Gasteiger partial charge in [-0.3, -0.25) is 14.9 Å². The second-order valence-corrected chi connectivity index (χ2v) is 12.5. The number of alkyl halides is 3. The summed E-state index contributed by atoms with van der Waals surface area (Å²) in [6.07, 6.45) is -4.22. The Morgan fingerprint density at radius 2 is 1.77 bits per heavy atom. The highest BCUT2D eigenvalue weighted by Gasteiger charge is 2.51. The number of nitrogens with zero attached hydrogens (tertiary/aromatic N) is 2. The Bertz CT molecular complexity index is 1410. The van der Waals surface area contributed by atoms with E-state index in [0.717, 1.165) is 4.90 Å². The smallest absolute Gasteiger partial charge is 0.336 e. The van der Waals surface area contributed by atoms with E-state index in [1.54, 1.807) is 6.07 Å². The van der Waals surface area contributed by atoms with Gasteiger partial charge in [0.2, 0.25) is 11.8 Å². The predicted molar refractivity (Wildman–Crippen MR) is 137 cm³/mol. The van der Waals surface area contributed by atoms with Crippen LogP contribution in [0.25, 0.3) is 0 Å². The molecule has 2 fully saturated rings. The summed E-state index contributed by atoms with van der Waals surface area (Å²) in [4.78, 5) is 27.8. The third-order valence-electron chi connectivity index (χ3n) is 6.71. The third kappa shape index (κ3) is 6.49. The average molecular weight is 603 g/mol. The number of amides is 2. The van der Waals surface area contributed by atoms with Crippen molar-refractivity contribution in [3.8, 4) is 6.07 Å². The van der Waals surface area contributed by atoms with Crippen LogP contribution in [0.1, 0.15) is 30.9 Å². The molecule has 2 aliphatic rings. The minimum Gasteiger partial charge on any atom is -0.336 e. The van der Waals surface area contributed by atoms with E-state index in [2.05, 4.69) is 10.6 Å². The van der Waals surface area contributed by atoms with Crippen molar-refractivity contribution in [2.75, 3.05) is 13.1 Å². The molecule has 14 heteroatoms. The van der Waals surface area contributed by atoms with Crippen LogP contribution in [0.4, 0.5) is 13.2 Å². The molecule has 2 aromatic carbocycles. The molecule has 1 saturated carbocycles. The Morgan fingerprint density at radius 1 is 1.13 bits per heavy atom. The van der Waals surface area contributed by atoms with Crippen LogP contribution in [0.3, 0.4) is 0 Å². The van der Waals surface area contributed by atoms with Gasteiger partial charge in [0.25, 0.3) is 0 Å². The van der Waals surface area contributed by atoms with Crippen LogP contribution in [0.15, 0.2) is 53.4 Å². The fourth-order valence-corrected chi connectivity index (χ4v) is 6.81. The largest absolute Gasteiger partial charge is 0.401 e. The molecule has 208 valence electrons. The van der Waals surface area contributed by atoms with E-state index >= 15 is 0 Å². The number of likely N-dealkylation sites (tertiary alicyclic amines) is 1. The predicted octanol–water partition coefficient (Wildman–Crippen LogP) is 3.80. The first kappa shape index (κ1) is 29.1. The highest BCUT2D eigenvalue weighted by molar-refractivity contribution is 7.92. The summed E-state index contributed by atoms with van der Waals surface area (Å²) in [5.41, 5.74) is -0.976. The maximum absolute atomic E-state index is 13.8. The van der Waals surface area contributed by atoms with E-state index in [1.807, 2.05) is 6.07 Å². The lowest BCUT2D eigenvalue weighted by atomic mass is 10.0. The van der Waals surface area contributed by atoms with Crippen LogP contribution < -0.4 is 10.6 Å². The van der Waals surface area contributed by atoms with Crippen molar-refractivity contribution in [3.63, 3.8) is 0 Å². The van der Waals surface area contributed by atoms with Gasteiger partial charge in [0.05, 0.1) is 27.8 Å². The van der Waals surface area contributed by atoms with E-state index in [0.29, 0.717) is 12.8 Å². The molecule has 2 amide bonds. The lowest BCUT2D eigenvalue weighted by molar-refractivity contribution is -0.143. The van der Waals surface area contributed by atoms with Gasteiger partial charge in [0, 0.05) is 11.6 Å². The van der Waals surface area contributed by atoms with Gasteiger partial charge in [-0.25, -0.2) is 8.42 Å². The molecule has 0 radical (unpaired) electrons. The Morgan fingerprint density at radius 3 is 2.33 bits per heavy atom. The number of benzene rings is 2. The zero-order chi connectivity index (χ0) is 28.6. The molecule has 1 aliphatic heterocycles. The maximum Gasteiger partial charge on any atom is 0.401 e. The molecule has 39 heavy (non-hydrogen) atoms. The molecule has 2 N–H and O–H groups in total. The SMILES string of the molecule is N#CC1(NC(=O)C2CC(S(=O)(=O)c3ccccc3Cl)CN2C(=O)C(NCC(F)(F)F)c2ccc(Cl)cc2)CC1. The van der Waals surface area contributed by atoms with Crippen LogP contribution in [0.5, 0.6) is 0 Å². The zero-order valence-electron chi connectivity index (χ0n) is 20.2. The number of nitriles is 1. The number of hydrogen-bond donors (Lipinski definition) is 2. The Labute approximate surface area is 233 Å². The lowest BCUT2D eigenvalue weighted by Crippen LogP contribution is -2.52. The molecule has 3 unspecified atom stereocenters. The molecular formula is C25H23Cl2F3N4O4S. The quantitative estimate of drug-likeness (QED) is 0.474. The van der Waals surface area contributed by atoms with Gasteiger partial charge >= 0.3 is 6.18 Å². The number of carbonyl (C=O) groups excluding carboxylic acids is 2. The molecule has 0 spiro atoms. The molecular weight excluding hydrogens is 580 g/mol. The fourth-order valence-electron chi connectivity index (χ4n) is 4.46. The number of rotatable bonds is 8. The van der Waals surface area contributed by atoms with Crippen molar-refractivity contribution in [2.24, 2.45) is 0 Å². The molecule has 8 nitrogen and oxygen atoms in total. The first-order valence-electron chi connectivity index (χ1n) is 11.8. The average Bonchev–Trinajstić information content (AvgIpc) is 3.49. The monoisotopic (exact) mass is 602 g/mol. The fraction of sp³-hybridized carbons (Fsp3) is 0.400. The summed E-state index contributed by atoms with van der Waals surface area (Å²) in [7, 11) is -4.16. The zero-order valence-corrected chi connectivity index (χ0v) is 22.5. The molecule has 1 heterocycles. The van der Waals surface area contributed by atoms with E-state index in [-0.39, 0.29) is 26.9 Å².